The van der Waals surface area contributed by atoms with Crippen LogP contribution in [0.15, 0.2) is 18.2 Å². The Balaban J connectivity index is 1.68. The first-order chi connectivity index (χ1) is 12.2. The molecule has 1 aliphatic carbocycles. The van der Waals surface area contributed by atoms with Gasteiger partial charge in [0.25, 0.3) is 0 Å². The molecule has 0 bridgehead atoms. The van der Waals surface area contributed by atoms with Crippen LogP contribution >= 0.6 is 23.2 Å². The smallest absolute Gasteiger partial charge is 0.410 e. The number of carbonyl (C=O) groups is 1. The summed E-state index contributed by atoms with van der Waals surface area (Å²) in [5.41, 5.74) is 0.547. The van der Waals surface area contributed by atoms with Gasteiger partial charge in [0.15, 0.2) is 0 Å². The fourth-order valence-electron chi connectivity index (χ4n) is 3.56. The lowest BCUT2D eigenvalue weighted by molar-refractivity contribution is -0.0863. The largest absolute Gasteiger partial charge is 0.444 e. The van der Waals surface area contributed by atoms with Crippen molar-refractivity contribution in [1.82, 2.24) is 4.90 Å². The van der Waals surface area contributed by atoms with Crippen molar-refractivity contribution in [3.05, 3.63) is 33.8 Å². The van der Waals surface area contributed by atoms with Crippen molar-refractivity contribution in [2.75, 3.05) is 13.1 Å². The minimum atomic E-state index is -0.481. The Morgan fingerprint density at radius 1 is 1.15 bits per heavy atom. The number of benzene rings is 1. The topological polar surface area (TPSA) is 38.8 Å². The predicted molar refractivity (Wildman–Crippen MR) is 104 cm³/mol. The molecule has 1 unspecified atom stereocenters. The van der Waals surface area contributed by atoms with E-state index in [4.69, 9.17) is 32.7 Å². The Labute approximate surface area is 165 Å². The van der Waals surface area contributed by atoms with E-state index in [9.17, 15) is 4.79 Å². The predicted octanol–water partition coefficient (Wildman–Crippen LogP) is 5.86. The minimum absolute atomic E-state index is 0.0773. The van der Waals surface area contributed by atoms with Gasteiger partial charge in [-0.05, 0) is 51.3 Å². The average Bonchev–Trinajstić information content (AvgIpc) is 2.99. The first-order valence-corrected chi connectivity index (χ1v) is 10.1. The molecular weight excluding hydrogens is 373 g/mol. The van der Waals surface area contributed by atoms with E-state index in [0.29, 0.717) is 23.1 Å². The third-order valence-corrected chi connectivity index (χ3v) is 5.64. The van der Waals surface area contributed by atoms with Gasteiger partial charge in [0.2, 0.25) is 0 Å². The summed E-state index contributed by atoms with van der Waals surface area (Å²) in [7, 11) is 0. The fraction of sp³-hybridized carbons (Fsp3) is 0.650. The molecule has 1 aliphatic heterocycles. The number of halogens is 2. The van der Waals surface area contributed by atoms with Gasteiger partial charge in [-0.1, -0.05) is 42.1 Å². The Kier molecular flexibility index (Phi) is 6.05. The highest BCUT2D eigenvalue weighted by Gasteiger charge is 2.40. The number of rotatable bonds is 4. The summed E-state index contributed by atoms with van der Waals surface area (Å²) >= 11 is 12.3. The lowest BCUT2D eigenvalue weighted by Gasteiger charge is -2.44. The standard InChI is InChI=1S/C20H27Cl2NO3/c1-20(2,3)26-19(24)23-11-14(12-23)18(25-15-6-4-5-7-15)13-8-9-16(21)17(22)10-13/h8-10,14-15,18H,4-7,11-12H2,1-3H3. The third-order valence-electron chi connectivity index (χ3n) is 4.90. The van der Waals surface area contributed by atoms with Gasteiger partial charge < -0.3 is 14.4 Å². The molecule has 3 rings (SSSR count). The molecule has 0 aromatic heterocycles. The van der Waals surface area contributed by atoms with Crippen molar-refractivity contribution < 1.29 is 14.3 Å². The molecule has 0 radical (unpaired) electrons. The van der Waals surface area contributed by atoms with Gasteiger partial charge in [-0.15, -0.1) is 0 Å². The molecule has 1 saturated carbocycles. The first kappa shape index (κ1) is 19.8. The van der Waals surface area contributed by atoms with E-state index >= 15 is 0 Å². The molecule has 1 aromatic carbocycles. The minimum Gasteiger partial charge on any atom is -0.444 e. The van der Waals surface area contributed by atoms with E-state index < -0.39 is 5.60 Å². The van der Waals surface area contributed by atoms with E-state index in [0.717, 1.165) is 18.4 Å². The van der Waals surface area contributed by atoms with E-state index in [1.54, 1.807) is 4.90 Å². The number of nitrogens with zero attached hydrogens (tertiary/aromatic N) is 1. The van der Waals surface area contributed by atoms with Gasteiger partial charge in [-0.2, -0.15) is 0 Å². The molecule has 1 saturated heterocycles. The molecule has 4 nitrogen and oxygen atoms in total. The Hall–Kier alpha value is -0.970. The summed E-state index contributed by atoms with van der Waals surface area (Å²) < 4.78 is 11.9. The Morgan fingerprint density at radius 3 is 2.38 bits per heavy atom. The summed E-state index contributed by atoms with van der Waals surface area (Å²) in [5, 5.41) is 1.08. The molecule has 1 atom stereocenters. The van der Waals surface area contributed by atoms with E-state index in [-0.39, 0.29) is 24.2 Å². The van der Waals surface area contributed by atoms with E-state index in [2.05, 4.69) is 0 Å². The van der Waals surface area contributed by atoms with Gasteiger partial charge >= 0.3 is 6.09 Å². The maximum Gasteiger partial charge on any atom is 0.410 e. The van der Waals surface area contributed by atoms with Crippen molar-refractivity contribution >= 4 is 29.3 Å². The Bertz CT molecular complexity index is 647. The quantitative estimate of drug-likeness (QED) is 0.635. The van der Waals surface area contributed by atoms with Crippen LogP contribution in [-0.2, 0) is 9.47 Å². The zero-order valence-corrected chi connectivity index (χ0v) is 17.1. The second-order valence-electron chi connectivity index (χ2n) is 8.28. The van der Waals surface area contributed by atoms with Crippen LogP contribution in [0.25, 0.3) is 0 Å². The summed E-state index contributed by atoms with van der Waals surface area (Å²) in [5.74, 6) is 0.236. The van der Waals surface area contributed by atoms with E-state index in [1.807, 2.05) is 39.0 Å². The van der Waals surface area contributed by atoms with Gasteiger partial charge in [0, 0.05) is 19.0 Å². The number of hydrogen-bond acceptors (Lipinski definition) is 3. The van der Waals surface area contributed by atoms with Gasteiger partial charge in [0.1, 0.15) is 5.60 Å². The molecular formula is C20H27Cl2NO3. The molecule has 144 valence electrons. The lowest BCUT2D eigenvalue weighted by atomic mass is 9.89. The molecule has 6 heteroatoms. The molecule has 1 amide bonds. The van der Waals surface area contributed by atoms with Crippen molar-refractivity contribution in [2.24, 2.45) is 5.92 Å². The van der Waals surface area contributed by atoms with Crippen LogP contribution in [0.3, 0.4) is 0 Å². The average molecular weight is 400 g/mol. The zero-order chi connectivity index (χ0) is 18.9. The highest BCUT2D eigenvalue weighted by molar-refractivity contribution is 6.42. The number of ether oxygens (including phenoxy) is 2. The van der Waals surface area contributed by atoms with Crippen LogP contribution < -0.4 is 0 Å². The second kappa shape index (κ2) is 7.95. The summed E-state index contributed by atoms with van der Waals surface area (Å²) in [6.07, 6.45) is 4.57. The maximum atomic E-state index is 12.2. The van der Waals surface area contributed by atoms with Gasteiger partial charge in [-0.3, -0.25) is 0 Å². The van der Waals surface area contributed by atoms with Crippen molar-refractivity contribution in [2.45, 2.75) is 64.3 Å². The zero-order valence-electron chi connectivity index (χ0n) is 15.6. The number of amides is 1. The number of likely N-dealkylation sites (tertiary alicyclic amines) is 1. The highest BCUT2D eigenvalue weighted by Crippen LogP contribution is 2.39. The molecule has 0 spiro atoms. The molecule has 0 N–H and O–H groups in total. The number of hydrogen-bond donors (Lipinski definition) is 0. The van der Waals surface area contributed by atoms with Crippen LogP contribution in [0.4, 0.5) is 4.79 Å². The summed E-state index contributed by atoms with van der Waals surface area (Å²) in [6, 6.07) is 5.68. The van der Waals surface area contributed by atoms with E-state index in [1.165, 1.54) is 12.8 Å². The summed E-state index contributed by atoms with van der Waals surface area (Å²) in [6.45, 7) is 6.90. The maximum absolute atomic E-state index is 12.2. The van der Waals surface area contributed by atoms with Crippen LogP contribution in [-0.4, -0.2) is 35.8 Å². The molecule has 2 aliphatic rings. The normalized spacial score (nSPS) is 20.1. The second-order valence-corrected chi connectivity index (χ2v) is 9.10. The molecule has 1 aromatic rings. The highest BCUT2D eigenvalue weighted by atomic mass is 35.5. The van der Waals surface area contributed by atoms with Crippen LogP contribution in [0.5, 0.6) is 0 Å². The van der Waals surface area contributed by atoms with Crippen LogP contribution in [0.2, 0.25) is 10.0 Å². The SMILES string of the molecule is CC(C)(C)OC(=O)N1CC(C(OC2CCCC2)c2ccc(Cl)c(Cl)c2)C1. The fourth-order valence-corrected chi connectivity index (χ4v) is 3.87. The molecule has 1 heterocycles. The number of carbonyl (C=O) groups excluding carboxylic acids is 1. The monoisotopic (exact) mass is 399 g/mol. The van der Waals surface area contributed by atoms with Crippen molar-refractivity contribution in [1.29, 1.82) is 0 Å². The van der Waals surface area contributed by atoms with Gasteiger partial charge in [-0.25, -0.2) is 4.79 Å². The lowest BCUT2D eigenvalue weighted by Crippen LogP contribution is -2.54. The van der Waals surface area contributed by atoms with Crippen molar-refractivity contribution in [3.63, 3.8) is 0 Å². The molecule has 26 heavy (non-hydrogen) atoms. The Morgan fingerprint density at radius 2 is 1.81 bits per heavy atom. The van der Waals surface area contributed by atoms with Gasteiger partial charge in [0.05, 0.1) is 22.3 Å². The molecule has 2 fully saturated rings. The third kappa shape index (κ3) is 4.85. The summed E-state index contributed by atoms with van der Waals surface area (Å²) in [4.78, 5) is 13.9. The van der Waals surface area contributed by atoms with Crippen LogP contribution in [0.1, 0.15) is 58.1 Å². The first-order valence-electron chi connectivity index (χ1n) is 9.31. The van der Waals surface area contributed by atoms with Crippen molar-refractivity contribution in [3.8, 4) is 0 Å². The van der Waals surface area contributed by atoms with Crippen LogP contribution in [0, 0.1) is 5.92 Å².